The lowest BCUT2D eigenvalue weighted by Gasteiger charge is -2.16. The number of thiophene rings is 1. The second-order valence-electron chi connectivity index (χ2n) is 7.21. The molecule has 0 unspecified atom stereocenters. The summed E-state index contributed by atoms with van der Waals surface area (Å²) in [5, 5.41) is 23.7. The Balaban J connectivity index is 1.67. The molecule has 0 atom stereocenters. The lowest BCUT2D eigenvalue weighted by Crippen LogP contribution is -2.14. The standard InChI is InChI=1S/C23H20N6OS2/c1-15(2)18-7-3-4-8-19(18)29-21(17-6-5-10-25-13-17)27-28-23(29)32-14-20(30)26-22-16(12-24)9-11-31-22/h3-11,13,15H,14H2,1-2H3,(H,26,30). The smallest absolute Gasteiger partial charge is 0.235 e. The zero-order valence-corrected chi connectivity index (χ0v) is 19.2. The van der Waals surface area contributed by atoms with Crippen LogP contribution in [0.4, 0.5) is 5.00 Å². The molecule has 7 nitrogen and oxygen atoms in total. The Hall–Kier alpha value is -3.48. The summed E-state index contributed by atoms with van der Waals surface area (Å²) < 4.78 is 1.98. The van der Waals surface area contributed by atoms with Crippen LogP contribution in [0.5, 0.6) is 0 Å². The maximum Gasteiger partial charge on any atom is 0.235 e. The third-order valence-corrected chi connectivity index (χ3v) is 6.48. The maximum absolute atomic E-state index is 12.5. The van der Waals surface area contributed by atoms with E-state index in [0.29, 0.717) is 27.5 Å². The van der Waals surface area contributed by atoms with E-state index >= 15 is 0 Å². The fraction of sp³-hybridized carbons (Fsp3) is 0.174. The molecule has 4 aromatic rings. The predicted molar refractivity (Wildman–Crippen MR) is 127 cm³/mol. The number of amides is 1. The van der Waals surface area contributed by atoms with Gasteiger partial charge in [-0.25, -0.2) is 0 Å². The molecule has 3 aromatic heterocycles. The minimum absolute atomic E-state index is 0.137. The SMILES string of the molecule is CC(C)c1ccccc1-n1c(SCC(=O)Nc2sccc2C#N)nnc1-c1cccnc1. The number of anilines is 1. The number of nitriles is 1. The van der Waals surface area contributed by atoms with Gasteiger partial charge in [-0.05, 0) is 41.1 Å². The number of nitrogens with zero attached hydrogens (tertiary/aromatic N) is 5. The summed E-state index contributed by atoms with van der Waals surface area (Å²) in [6.07, 6.45) is 3.46. The van der Waals surface area contributed by atoms with Gasteiger partial charge >= 0.3 is 0 Å². The fourth-order valence-electron chi connectivity index (χ4n) is 3.23. The van der Waals surface area contributed by atoms with Crippen molar-refractivity contribution in [2.24, 2.45) is 0 Å². The van der Waals surface area contributed by atoms with Gasteiger partial charge in [0.1, 0.15) is 11.1 Å². The van der Waals surface area contributed by atoms with E-state index < -0.39 is 0 Å². The molecule has 0 saturated heterocycles. The van der Waals surface area contributed by atoms with E-state index in [2.05, 4.69) is 46.5 Å². The molecule has 0 aliphatic carbocycles. The summed E-state index contributed by atoms with van der Waals surface area (Å²) in [5.41, 5.74) is 3.42. The van der Waals surface area contributed by atoms with Crippen molar-refractivity contribution in [3.63, 3.8) is 0 Å². The van der Waals surface area contributed by atoms with Crippen LogP contribution in [-0.2, 0) is 4.79 Å². The van der Waals surface area contributed by atoms with Gasteiger partial charge < -0.3 is 5.32 Å². The van der Waals surface area contributed by atoms with Crippen molar-refractivity contribution in [3.05, 3.63) is 71.4 Å². The Morgan fingerprint density at radius 2 is 2.06 bits per heavy atom. The normalized spacial score (nSPS) is 10.8. The predicted octanol–water partition coefficient (Wildman–Crippen LogP) is 5.12. The molecule has 0 aliphatic rings. The Morgan fingerprint density at radius 1 is 1.22 bits per heavy atom. The van der Waals surface area contributed by atoms with Crippen molar-refractivity contribution in [1.29, 1.82) is 5.26 Å². The lowest BCUT2D eigenvalue weighted by molar-refractivity contribution is -0.113. The average molecular weight is 461 g/mol. The Bertz CT molecular complexity index is 1270. The molecule has 1 aromatic carbocycles. The highest BCUT2D eigenvalue weighted by molar-refractivity contribution is 7.99. The molecule has 0 bridgehead atoms. The number of thioether (sulfide) groups is 1. The monoisotopic (exact) mass is 460 g/mol. The molecule has 1 amide bonds. The number of hydrogen-bond donors (Lipinski definition) is 1. The van der Waals surface area contributed by atoms with Gasteiger partial charge in [0.2, 0.25) is 5.91 Å². The number of para-hydroxylation sites is 1. The van der Waals surface area contributed by atoms with Crippen LogP contribution in [0.2, 0.25) is 0 Å². The van der Waals surface area contributed by atoms with Crippen molar-refractivity contribution < 1.29 is 4.79 Å². The number of carbonyl (C=O) groups excluding carboxylic acids is 1. The maximum atomic E-state index is 12.5. The van der Waals surface area contributed by atoms with E-state index in [0.717, 1.165) is 16.8 Å². The van der Waals surface area contributed by atoms with Crippen LogP contribution < -0.4 is 5.32 Å². The second kappa shape index (κ2) is 9.77. The van der Waals surface area contributed by atoms with E-state index in [9.17, 15) is 4.79 Å². The first kappa shape index (κ1) is 21.7. The zero-order valence-electron chi connectivity index (χ0n) is 17.5. The summed E-state index contributed by atoms with van der Waals surface area (Å²) in [4.78, 5) is 16.8. The molecular weight excluding hydrogens is 440 g/mol. The first-order valence-corrected chi connectivity index (χ1v) is 11.8. The molecule has 160 valence electrons. The molecule has 0 fully saturated rings. The van der Waals surface area contributed by atoms with Crippen LogP contribution in [0.1, 0.15) is 30.9 Å². The number of nitrogens with one attached hydrogen (secondary N) is 1. The van der Waals surface area contributed by atoms with Gasteiger partial charge in [0, 0.05) is 18.0 Å². The summed E-state index contributed by atoms with van der Waals surface area (Å²) in [6.45, 7) is 4.28. The van der Waals surface area contributed by atoms with Crippen molar-refractivity contribution in [1.82, 2.24) is 19.7 Å². The molecular formula is C23H20N6OS2. The molecule has 1 N–H and O–H groups in total. The number of hydrogen-bond acceptors (Lipinski definition) is 7. The molecule has 0 aliphatic heterocycles. The molecule has 4 rings (SSSR count). The molecule has 32 heavy (non-hydrogen) atoms. The Labute approximate surface area is 194 Å². The number of benzene rings is 1. The van der Waals surface area contributed by atoms with E-state index in [1.54, 1.807) is 23.8 Å². The van der Waals surface area contributed by atoms with Crippen molar-refractivity contribution in [3.8, 4) is 23.1 Å². The lowest BCUT2D eigenvalue weighted by atomic mass is 10.0. The van der Waals surface area contributed by atoms with E-state index in [-0.39, 0.29) is 11.7 Å². The second-order valence-corrected chi connectivity index (χ2v) is 9.07. The number of rotatable bonds is 7. The topological polar surface area (TPSA) is 96.5 Å². The minimum atomic E-state index is -0.205. The van der Waals surface area contributed by atoms with Crippen molar-refractivity contribution >= 4 is 34.0 Å². The van der Waals surface area contributed by atoms with E-state index in [4.69, 9.17) is 5.26 Å². The molecule has 9 heteroatoms. The average Bonchev–Trinajstić information content (AvgIpc) is 3.44. The van der Waals surface area contributed by atoms with Crippen molar-refractivity contribution in [2.45, 2.75) is 24.9 Å². The van der Waals surface area contributed by atoms with Crippen LogP contribution in [-0.4, -0.2) is 31.4 Å². The third-order valence-electron chi connectivity index (χ3n) is 4.72. The van der Waals surface area contributed by atoms with Gasteiger partial charge in [0.15, 0.2) is 11.0 Å². The first-order chi connectivity index (χ1) is 15.6. The minimum Gasteiger partial charge on any atom is -0.316 e. The van der Waals surface area contributed by atoms with Gasteiger partial charge in [0.05, 0.1) is 17.0 Å². The Kier molecular flexibility index (Phi) is 6.63. The molecule has 3 heterocycles. The summed E-state index contributed by atoms with van der Waals surface area (Å²) in [6, 6.07) is 15.7. The highest BCUT2D eigenvalue weighted by Crippen LogP contribution is 2.32. The van der Waals surface area contributed by atoms with Gasteiger partial charge in [-0.1, -0.05) is 43.8 Å². The first-order valence-electron chi connectivity index (χ1n) is 9.94. The fourth-order valence-corrected chi connectivity index (χ4v) is 4.73. The largest absolute Gasteiger partial charge is 0.316 e. The Morgan fingerprint density at radius 3 is 2.81 bits per heavy atom. The highest BCUT2D eigenvalue weighted by Gasteiger charge is 2.20. The van der Waals surface area contributed by atoms with Crippen LogP contribution in [0.3, 0.4) is 0 Å². The van der Waals surface area contributed by atoms with E-state index in [1.807, 2.05) is 34.9 Å². The number of aromatic nitrogens is 4. The third kappa shape index (κ3) is 4.56. The zero-order chi connectivity index (χ0) is 22.5. The highest BCUT2D eigenvalue weighted by atomic mass is 32.2. The van der Waals surface area contributed by atoms with E-state index in [1.165, 1.54) is 23.1 Å². The van der Waals surface area contributed by atoms with Crippen LogP contribution in [0.25, 0.3) is 17.1 Å². The van der Waals surface area contributed by atoms with Gasteiger partial charge in [0.25, 0.3) is 0 Å². The van der Waals surface area contributed by atoms with Gasteiger partial charge in [-0.15, -0.1) is 21.5 Å². The number of pyridine rings is 1. The van der Waals surface area contributed by atoms with Gasteiger partial charge in [-0.3, -0.25) is 14.3 Å². The van der Waals surface area contributed by atoms with Crippen LogP contribution in [0.15, 0.2) is 65.4 Å². The molecule has 0 saturated carbocycles. The summed E-state index contributed by atoms with van der Waals surface area (Å²) in [5.74, 6) is 0.889. The molecule has 0 radical (unpaired) electrons. The van der Waals surface area contributed by atoms with Crippen LogP contribution >= 0.6 is 23.1 Å². The van der Waals surface area contributed by atoms with Crippen molar-refractivity contribution in [2.75, 3.05) is 11.1 Å². The van der Waals surface area contributed by atoms with Crippen LogP contribution in [0, 0.1) is 11.3 Å². The summed E-state index contributed by atoms with van der Waals surface area (Å²) in [7, 11) is 0. The summed E-state index contributed by atoms with van der Waals surface area (Å²) >= 11 is 2.63. The number of carbonyl (C=O) groups is 1. The van der Waals surface area contributed by atoms with Gasteiger partial charge in [-0.2, -0.15) is 5.26 Å². The quantitative estimate of drug-likeness (QED) is 0.385. The molecule has 0 spiro atoms.